The van der Waals surface area contributed by atoms with Gasteiger partial charge in [0.2, 0.25) is 0 Å². The first-order valence-corrected chi connectivity index (χ1v) is 16.0. The van der Waals surface area contributed by atoms with Crippen LogP contribution in [0.4, 0.5) is 0 Å². The summed E-state index contributed by atoms with van der Waals surface area (Å²) in [5.41, 5.74) is 3.57. The SMILES string of the molecule is COc1cc(C(=O)N[C@@H](Cc2ccccc2)[C@@H](O)CNCc2cccc(Cl)c2)cc(C(=O)N2CCC[C@@H]2c2nc(C)cs2)c1. The van der Waals surface area contributed by atoms with Crippen molar-refractivity contribution < 1.29 is 19.4 Å². The highest BCUT2D eigenvalue weighted by molar-refractivity contribution is 7.09. The molecular formula is C34H37ClN4O4S. The molecule has 3 aromatic carbocycles. The number of aromatic nitrogens is 1. The summed E-state index contributed by atoms with van der Waals surface area (Å²) in [4.78, 5) is 33.9. The Morgan fingerprint density at radius 3 is 2.59 bits per heavy atom. The Kier molecular flexibility index (Phi) is 10.7. The standard InChI is InChI=1S/C34H37ClN4O4S/c1-22-21-44-33(37-22)30-12-7-13-39(30)34(42)26-16-25(17-28(18-26)43-2)32(41)38-29(15-23-8-4-3-5-9-23)31(40)20-36-19-24-10-6-11-27(35)14-24/h3-6,8-11,14,16-18,21,29-31,36,40H,7,12-13,15,19-20H2,1-2H3,(H,38,41)/t29-,30+,31-/m0/s1. The lowest BCUT2D eigenvalue weighted by Crippen LogP contribution is -2.48. The molecule has 5 rings (SSSR count). The minimum Gasteiger partial charge on any atom is -0.497 e. The van der Waals surface area contributed by atoms with E-state index in [4.69, 9.17) is 16.3 Å². The number of methoxy groups -OCH3 is 1. The maximum absolute atomic E-state index is 13.8. The maximum Gasteiger partial charge on any atom is 0.254 e. The Hall–Kier alpha value is -3.76. The summed E-state index contributed by atoms with van der Waals surface area (Å²) < 4.78 is 5.50. The van der Waals surface area contributed by atoms with Crippen LogP contribution in [0, 0.1) is 6.92 Å². The molecule has 1 fully saturated rings. The Bertz CT molecular complexity index is 1580. The third-order valence-corrected chi connectivity index (χ3v) is 9.04. The van der Waals surface area contributed by atoms with E-state index in [1.807, 2.05) is 71.8 Å². The summed E-state index contributed by atoms with van der Waals surface area (Å²) in [6.45, 7) is 3.33. The number of rotatable bonds is 12. The predicted molar refractivity (Wildman–Crippen MR) is 173 cm³/mol. The predicted octanol–water partition coefficient (Wildman–Crippen LogP) is 5.58. The molecule has 0 saturated carbocycles. The molecule has 3 atom stereocenters. The number of hydrogen-bond acceptors (Lipinski definition) is 7. The first-order valence-electron chi connectivity index (χ1n) is 14.7. The van der Waals surface area contributed by atoms with Crippen molar-refractivity contribution in [1.82, 2.24) is 20.5 Å². The van der Waals surface area contributed by atoms with E-state index >= 15 is 0 Å². The van der Waals surface area contributed by atoms with Gasteiger partial charge in [0.15, 0.2) is 0 Å². The number of carbonyl (C=O) groups excluding carboxylic acids is 2. The van der Waals surface area contributed by atoms with Gasteiger partial charge in [-0.1, -0.05) is 54.1 Å². The van der Waals surface area contributed by atoms with Crippen LogP contribution in [0.2, 0.25) is 5.02 Å². The molecule has 1 aromatic heterocycles. The van der Waals surface area contributed by atoms with Gasteiger partial charge in [-0.2, -0.15) is 0 Å². The highest BCUT2D eigenvalue weighted by Gasteiger charge is 2.33. The maximum atomic E-state index is 13.8. The van der Waals surface area contributed by atoms with Crippen LogP contribution in [0.3, 0.4) is 0 Å². The van der Waals surface area contributed by atoms with Crippen molar-refractivity contribution in [3.05, 3.63) is 116 Å². The van der Waals surface area contributed by atoms with Crippen molar-refractivity contribution in [1.29, 1.82) is 0 Å². The topological polar surface area (TPSA) is 104 Å². The van der Waals surface area contributed by atoms with Crippen LogP contribution >= 0.6 is 22.9 Å². The van der Waals surface area contributed by atoms with Gasteiger partial charge in [0.1, 0.15) is 10.8 Å². The number of carbonyl (C=O) groups is 2. The molecule has 1 saturated heterocycles. The smallest absolute Gasteiger partial charge is 0.254 e. The summed E-state index contributed by atoms with van der Waals surface area (Å²) in [5, 5.41) is 21.1. The molecule has 2 amide bonds. The van der Waals surface area contributed by atoms with Gasteiger partial charge in [0.05, 0.1) is 25.3 Å². The second-order valence-electron chi connectivity index (χ2n) is 11.0. The van der Waals surface area contributed by atoms with Crippen molar-refractivity contribution in [3.63, 3.8) is 0 Å². The molecule has 0 spiro atoms. The van der Waals surface area contributed by atoms with E-state index in [2.05, 4.69) is 15.6 Å². The molecule has 230 valence electrons. The lowest BCUT2D eigenvalue weighted by Gasteiger charge is -2.26. The number of hydrogen-bond donors (Lipinski definition) is 3. The fraction of sp³-hybridized carbons (Fsp3) is 0.324. The minimum absolute atomic E-state index is 0.0884. The molecule has 1 aliphatic rings. The van der Waals surface area contributed by atoms with Crippen LogP contribution < -0.4 is 15.4 Å². The zero-order chi connectivity index (χ0) is 31.1. The zero-order valence-corrected chi connectivity index (χ0v) is 26.4. The Balaban J connectivity index is 1.32. The van der Waals surface area contributed by atoms with Crippen molar-refractivity contribution in [2.45, 2.75) is 50.9 Å². The molecule has 4 aromatic rings. The minimum atomic E-state index is -0.892. The molecule has 0 unspecified atom stereocenters. The van der Waals surface area contributed by atoms with E-state index < -0.39 is 18.1 Å². The fourth-order valence-electron chi connectivity index (χ4n) is 5.49. The average Bonchev–Trinajstić information content (AvgIpc) is 3.69. The number of halogens is 1. The van der Waals surface area contributed by atoms with Gasteiger partial charge in [-0.15, -0.1) is 11.3 Å². The Morgan fingerprint density at radius 2 is 1.86 bits per heavy atom. The first kappa shape index (κ1) is 31.7. The molecule has 3 N–H and O–H groups in total. The van der Waals surface area contributed by atoms with Gasteiger partial charge >= 0.3 is 0 Å². The van der Waals surface area contributed by atoms with E-state index in [9.17, 15) is 14.7 Å². The van der Waals surface area contributed by atoms with Gasteiger partial charge in [0, 0.05) is 46.9 Å². The monoisotopic (exact) mass is 632 g/mol. The van der Waals surface area contributed by atoms with Crippen molar-refractivity contribution in [3.8, 4) is 5.75 Å². The second-order valence-corrected chi connectivity index (χ2v) is 12.4. The van der Waals surface area contributed by atoms with E-state index in [-0.39, 0.29) is 24.1 Å². The van der Waals surface area contributed by atoms with Crippen LogP contribution in [0.1, 0.15) is 61.4 Å². The zero-order valence-electron chi connectivity index (χ0n) is 24.8. The number of thiazole rings is 1. The molecule has 0 aliphatic carbocycles. The summed E-state index contributed by atoms with van der Waals surface area (Å²) in [5.74, 6) is -0.161. The first-order chi connectivity index (χ1) is 21.3. The van der Waals surface area contributed by atoms with Gasteiger partial charge in [-0.3, -0.25) is 9.59 Å². The van der Waals surface area contributed by atoms with E-state index in [1.54, 1.807) is 29.5 Å². The number of amides is 2. The van der Waals surface area contributed by atoms with E-state index in [0.29, 0.717) is 35.8 Å². The summed E-state index contributed by atoms with van der Waals surface area (Å²) in [6, 6.07) is 21.4. The molecule has 10 heteroatoms. The fourth-order valence-corrected chi connectivity index (χ4v) is 6.64. The van der Waals surface area contributed by atoms with Crippen LogP contribution in [-0.4, -0.2) is 59.1 Å². The van der Waals surface area contributed by atoms with E-state index in [1.165, 1.54) is 7.11 Å². The Morgan fingerprint density at radius 1 is 1.09 bits per heavy atom. The second kappa shape index (κ2) is 14.8. The number of aryl methyl sites for hydroxylation is 1. The van der Waals surface area contributed by atoms with Gasteiger partial charge in [-0.05, 0) is 67.6 Å². The number of nitrogens with one attached hydrogen (secondary N) is 2. The molecule has 44 heavy (non-hydrogen) atoms. The van der Waals surface area contributed by atoms with Gasteiger partial charge in [-0.25, -0.2) is 4.98 Å². The number of aliphatic hydroxyl groups excluding tert-OH is 1. The van der Waals surface area contributed by atoms with E-state index in [0.717, 1.165) is 34.7 Å². The molecule has 8 nitrogen and oxygen atoms in total. The summed E-state index contributed by atoms with van der Waals surface area (Å²) in [7, 11) is 1.51. The van der Waals surface area contributed by atoms with Crippen molar-refractivity contribution in [2.24, 2.45) is 0 Å². The highest BCUT2D eigenvalue weighted by atomic mass is 35.5. The van der Waals surface area contributed by atoms with Gasteiger partial charge < -0.3 is 25.4 Å². The summed E-state index contributed by atoms with van der Waals surface area (Å²) in [6.07, 6.45) is 1.26. The third kappa shape index (κ3) is 8.04. The van der Waals surface area contributed by atoms with Crippen LogP contribution in [0.25, 0.3) is 0 Å². The van der Waals surface area contributed by atoms with Crippen LogP contribution in [0.15, 0.2) is 78.2 Å². The summed E-state index contributed by atoms with van der Waals surface area (Å²) >= 11 is 7.67. The molecule has 1 aliphatic heterocycles. The Labute approximate surface area is 267 Å². The van der Waals surface area contributed by atoms with Crippen molar-refractivity contribution in [2.75, 3.05) is 20.2 Å². The highest BCUT2D eigenvalue weighted by Crippen LogP contribution is 2.35. The molecule has 0 bridgehead atoms. The lowest BCUT2D eigenvalue weighted by molar-refractivity contribution is 0.0735. The quantitative estimate of drug-likeness (QED) is 0.188. The number of benzene rings is 3. The molecule has 2 heterocycles. The average molecular weight is 633 g/mol. The number of nitrogens with zero attached hydrogens (tertiary/aromatic N) is 2. The lowest BCUT2D eigenvalue weighted by atomic mass is 10.00. The van der Waals surface area contributed by atoms with Gasteiger partial charge in [0.25, 0.3) is 11.8 Å². The van der Waals surface area contributed by atoms with Crippen LogP contribution in [-0.2, 0) is 13.0 Å². The number of likely N-dealkylation sites (tertiary alicyclic amines) is 1. The number of ether oxygens (including phenoxy) is 1. The normalized spacial score (nSPS) is 16.0. The largest absolute Gasteiger partial charge is 0.497 e. The van der Waals surface area contributed by atoms with Crippen LogP contribution in [0.5, 0.6) is 5.75 Å². The molecule has 0 radical (unpaired) electrons. The third-order valence-electron chi connectivity index (χ3n) is 7.74. The molecular weight excluding hydrogens is 596 g/mol. The van der Waals surface area contributed by atoms with Crippen molar-refractivity contribution >= 4 is 34.8 Å². The number of aliphatic hydroxyl groups is 1.